The molecule has 1 fully saturated rings. The molecule has 0 atom stereocenters. The number of nitrogens with zero attached hydrogens (tertiary/aromatic N) is 2. The van der Waals surface area contributed by atoms with E-state index in [4.69, 9.17) is 9.72 Å². The topological polar surface area (TPSA) is 70.2 Å². The lowest BCUT2D eigenvalue weighted by atomic mass is 10.1. The summed E-state index contributed by atoms with van der Waals surface area (Å²) in [6, 6.07) is 16.0. The maximum absolute atomic E-state index is 13.5. The van der Waals surface area contributed by atoms with E-state index in [2.05, 4.69) is 39.5 Å². The summed E-state index contributed by atoms with van der Waals surface area (Å²) in [4.78, 5) is 24.1. The first-order valence-electron chi connectivity index (χ1n) is 12.4. The van der Waals surface area contributed by atoms with Gasteiger partial charge in [-0.25, -0.2) is 4.98 Å². The number of imidazole rings is 1. The number of aromatic nitrogens is 2. The Morgan fingerprint density at radius 3 is 2.31 bits per heavy atom. The molecule has 1 saturated heterocycles. The number of thioether (sulfide) groups is 1. The molecule has 188 valence electrons. The number of H-pyrrole nitrogens is 1. The molecule has 2 N–H and O–H groups in total. The molecule has 2 heterocycles. The molecule has 4 rings (SSSR count). The van der Waals surface area contributed by atoms with Gasteiger partial charge in [0.1, 0.15) is 23.0 Å². The monoisotopic (exact) mass is 502 g/mol. The van der Waals surface area contributed by atoms with Crippen molar-refractivity contribution in [3.05, 3.63) is 76.3 Å². The number of amides is 1. The van der Waals surface area contributed by atoms with Crippen molar-refractivity contribution in [1.29, 1.82) is 0 Å². The standard InChI is InChI=1S/C29H34N4O2S/c1-5-19-36-29(20(2)3)32-28(34)26-25(21-11-15-24(35-4)16-12-21)30-27(31-26)22-9-13-23(14-10-22)33-17-7-6-8-18-33/h5,9-16,19H,6-8,17-18H2,1-4H3,(H,30,31)(H,32,34)/b19-5-. The van der Waals surface area contributed by atoms with Crippen molar-refractivity contribution in [2.24, 2.45) is 0 Å². The van der Waals surface area contributed by atoms with Crippen molar-refractivity contribution >= 4 is 23.4 Å². The Kier molecular flexibility index (Phi) is 8.54. The van der Waals surface area contributed by atoms with E-state index in [0.29, 0.717) is 17.2 Å². The zero-order valence-electron chi connectivity index (χ0n) is 21.4. The van der Waals surface area contributed by atoms with Gasteiger partial charge in [-0.2, -0.15) is 0 Å². The predicted molar refractivity (Wildman–Crippen MR) is 150 cm³/mol. The lowest BCUT2D eigenvalue weighted by molar-refractivity contribution is 0.0965. The molecular formula is C29H34N4O2S. The highest BCUT2D eigenvalue weighted by molar-refractivity contribution is 8.05. The summed E-state index contributed by atoms with van der Waals surface area (Å²) in [6.45, 7) is 8.13. The fourth-order valence-electron chi connectivity index (χ4n) is 4.19. The van der Waals surface area contributed by atoms with E-state index in [-0.39, 0.29) is 5.91 Å². The third kappa shape index (κ3) is 6.02. The van der Waals surface area contributed by atoms with Gasteiger partial charge in [-0.15, -0.1) is 0 Å². The number of hydrogen-bond acceptors (Lipinski definition) is 5. The van der Waals surface area contributed by atoms with Crippen LogP contribution < -0.4 is 15.0 Å². The van der Waals surface area contributed by atoms with Gasteiger partial charge < -0.3 is 19.9 Å². The molecule has 0 unspecified atom stereocenters. The summed E-state index contributed by atoms with van der Waals surface area (Å²) in [7, 11) is 1.64. The molecule has 0 radical (unpaired) electrons. The van der Waals surface area contributed by atoms with Crippen molar-refractivity contribution in [2.75, 3.05) is 25.1 Å². The quantitative estimate of drug-likeness (QED) is 0.347. The average molecular weight is 503 g/mol. The molecule has 0 saturated carbocycles. The normalized spacial score (nSPS) is 13.6. The van der Waals surface area contributed by atoms with E-state index in [1.807, 2.05) is 56.5 Å². The minimum atomic E-state index is -0.224. The second-order valence-electron chi connectivity index (χ2n) is 9.00. The number of methoxy groups -OCH3 is 1. The minimum absolute atomic E-state index is 0.224. The molecule has 0 spiro atoms. The smallest absolute Gasteiger partial charge is 0.274 e. The molecule has 0 aliphatic carbocycles. The van der Waals surface area contributed by atoms with Crippen LogP contribution in [0, 0.1) is 0 Å². The van der Waals surface area contributed by atoms with Crippen LogP contribution in [0.1, 0.15) is 50.5 Å². The van der Waals surface area contributed by atoms with Crippen LogP contribution >= 0.6 is 11.8 Å². The average Bonchev–Trinajstić information content (AvgIpc) is 3.37. The van der Waals surface area contributed by atoms with E-state index in [9.17, 15) is 4.79 Å². The van der Waals surface area contributed by atoms with Gasteiger partial charge in [-0.3, -0.25) is 4.79 Å². The van der Waals surface area contributed by atoms with Gasteiger partial charge in [-0.1, -0.05) is 17.8 Å². The Balaban J connectivity index is 1.68. The zero-order valence-corrected chi connectivity index (χ0v) is 22.2. The number of nitrogens with one attached hydrogen (secondary N) is 2. The Hall–Kier alpha value is -3.45. The number of carbonyl (C=O) groups is 1. The molecule has 3 aromatic rings. The predicted octanol–water partition coefficient (Wildman–Crippen LogP) is 6.99. The lowest BCUT2D eigenvalue weighted by Crippen LogP contribution is -2.29. The Morgan fingerprint density at radius 1 is 1.03 bits per heavy atom. The number of anilines is 1. The number of ether oxygens (including phenoxy) is 1. The first-order valence-corrected chi connectivity index (χ1v) is 13.2. The summed E-state index contributed by atoms with van der Waals surface area (Å²) in [5.41, 5.74) is 5.08. The van der Waals surface area contributed by atoms with Gasteiger partial charge in [-0.05, 0) is 99.5 Å². The van der Waals surface area contributed by atoms with Gasteiger partial charge in [0.2, 0.25) is 0 Å². The highest BCUT2D eigenvalue weighted by Gasteiger charge is 2.21. The van der Waals surface area contributed by atoms with Gasteiger partial charge >= 0.3 is 0 Å². The van der Waals surface area contributed by atoms with E-state index >= 15 is 0 Å². The van der Waals surface area contributed by atoms with E-state index in [1.165, 1.54) is 36.7 Å². The van der Waals surface area contributed by atoms with Crippen molar-refractivity contribution in [1.82, 2.24) is 15.3 Å². The molecule has 36 heavy (non-hydrogen) atoms. The Bertz CT molecular complexity index is 1230. The number of carbonyl (C=O) groups excluding carboxylic acids is 1. The van der Waals surface area contributed by atoms with Crippen molar-refractivity contribution in [2.45, 2.75) is 40.0 Å². The molecule has 0 bridgehead atoms. The maximum Gasteiger partial charge on any atom is 0.274 e. The van der Waals surface area contributed by atoms with E-state index in [1.54, 1.807) is 7.11 Å². The second kappa shape index (κ2) is 12.0. The SMILES string of the molecule is C/C=C\SC(NC(=O)c1[nH]c(-c2ccc(N3CCCCC3)cc2)nc1-c1ccc(OC)cc1)=C(C)C. The van der Waals surface area contributed by atoms with Gasteiger partial charge in [0.25, 0.3) is 5.91 Å². The van der Waals surface area contributed by atoms with Crippen LogP contribution in [-0.2, 0) is 0 Å². The number of aromatic amines is 1. The largest absolute Gasteiger partial charge is 0.497 e. The molecule has 6 nitrogen and oxygen atoms in total. The first kappa shape index (κ1) is 25.6. The summed E-state index contributed by atoms with van der Waals surface area (Å²) in [6.07, 6.45) is 5.74. The van der Waals surface area contributed by atoms with E-state index < -0.39 is 0 Å². The molecular weight excluding hydrogens is 468 g/mol. The zero-order chi connectivity index (χ0) is 25.5. The Labute approximate surface area is 217 Å². The maximum atomic E-state index is 13.5. The minimum Gasteiger partial charge on any atom is -0.497 e. The Morgan fingerprint density at radius 2 is 1.69 bits per heavy atom. The van der Waals surface area contributed by atoms with Gasteiger partial charge in [0, 0.05) is 29.9 Å². The van der Waals surface area contributed by atoms with Crippen LogP contribution in [0.2, 0.25) is 0 Å². The molecule has 2 aromatic carbocycles. The number of rotatable bonds is 8. The fraction of sp³-hybridized carbons (Fsp3) is 0.310. The summed E-state index contributed by atoms with van der Waals surface area (Å²) in [5, 5.41) is 5.83. The third-order valence-electron chi connectivity index (χ3n) is 6.16. The number of benzene rings is 2. The second-order valence-corrected chi connectivity index (χ2v) is 9.92. The highest BCUT2D eigenvalue weighted by Crippen LogP contribution is 2.30. The number of allylic oxidation sites excluding steroid dienone is 2. The number of hydrogen-bond donors (Lipinski definition) is 2. The summed E-state index contributed by atoms with van der Waals surface area (Å²) in [5.74, 6) is 1.19. The van der Waals surface area contributed by atoms with E-state index in [0.717, 1.165) is 40.6 Å². The van der Waals surface area contributed by atoms with Crippen molar-refractivity contribution < 1.29 is 9.53 Å². The first-order chi connectivity index (χ1) is 17.5. The van der Waals surface area contributed by atoms with Crippen LogP contribution in [0.3, 0.4) is 0 Å². The van der Waals surface area contributed by atoms with Crippen LogP contribution in [-0.4, -0.2) is 36.1 Å². The molecule has 1 amide bonds. The van der Waals surface area contributed by atoms with Crippen molar-refractivity contribution in [3.8, 4) is 28.4 Å². The molecule has 1 aliphatic rings. The highest BCUT2D eigenvalue weighted by atomic mass is 32.2. The van der Waals surface area contributed by atoms with Crippen LogP contribution in [0.15, 0.2) is 70.6 Å². The fourth-order valence-corrected chi connectivity index (χ4v) is 4.85. The molecule has 1 aromatic heterocycles. The lowest BCUT2D eigenvalue weighted by Gasteiger charge is -2.28. The summed E-state index contributed by atoms with van der Waals surface area (Å²) < 4.78 is 5.31. The van der Waals surface area contributed by atoms with Crippen LogP contribution in [0.4, 0.5) is 5.69 Å². The third-order valence-corrected chi connectivity index (χ3v) is 7.31. The van der Waals surface area contributed by atoms with Crippen molar-refractivity contribution in [3.63, 3.8) is 0 Å². The van der Waals surface area contributed by atoms with Gasteiger partial charge in [0.15, 0.2) is 0 Å². The number of piperidine rings is 1. The van der Waals surface area contributed by atoms with Gasteiger partial charge in [0.05, 0.1) is 12.1 Å². The molecule has 7 heteroatoms. The van der Waals surface area contributed by atoms with Crippen LogP contribution in [0.25, 0.3) is 22.6 Å². The molecule has 1 aliphatic heterocycles. The summed E-state index contributed by atoms with van der Waals surface area (Å²) >= 11 is 1.49. The van der Waals surface area contributed by atoms with Crippen LogP contribution in [0.5, 0.6) is 5.75 Å².